The lowest BCUT2D eigenvalue weighted by molar-refractivity contribution is 0.0600. The number of ether oxygens (including phenoxy) is 3. The smallest absolute Gasteiger partial charge is 0.337 e. The number of carbonyl (C=O) groups is 1. The van der Waals surface area contributed by atoms with Crippen molar-refractivity contribution >= 4 is 5.97 Å². The van der Waals surface area contributed by atoms with Crippen LogP contribution in [0.5, 0.6) is 11.5 Å². The molecule has 0 aliphatic carbocycles. The minimum Gasteiger partial charge on any atom is -0.490 e. The predicted molar refractivity (Wildman–Crippen MR) is 171 cm³/mol. The van der Waals surface area contributed by atoms with Crippen molar-refractivity contribution in [3.05, 3.63) is 23.8 Å². The molecule has 232 valence electrons. The molecule has 0 atom stereocenters. The van der Waals surface area contributed by atoms with Crippen LogP contribution in [0.2, 0.25) is 0 Å². The SMILES string of the molecule is CCCCCCCCCCCCCCOc1ccc(C(=O)OC)cc1OCCCCCCCCCCCCCC. The molecule has 1 aromatic rings. The third-order valence-corrected chi connectivity index (χ3v) is 7.88. The van der Waals surface area contributed by atoms with Crippen LogP contribution in [0.3, 0.4) is 0 Å². The highest BCUT2D eigenvalue weighted by atomic mass is 16.5. The number of benzene rings is 1. The molecule has 40 heavy (non-hydrogen) atoms. The van der Waals surface area contributed by atoms with Gasteiger partial charge in [-0.1, -0.05) is 155 Å². The highest BCUT2D eigenvalue weighted by molar-refractivity contribution is 5.90. The summed E-state index contributed by atoms with van der Waals surface area (Å²) in [5.41, 5.74) is 0.505. The fourth-order valence-corrected chi connectivity index (χ4v) is 5.24. The van der Waals surface area contributed by atoms with Crippen LogP contribution in [-0.2, 0) is 4.74 Å². The van der Waals surface area contributed by atoms with Crippen molar-refractivity contribution in [1.29, 1.82) is 0 Å². The molecule has 0 radical (unpaired) electrons. The second-order valence-electron chi connectivity index (χ2n) is 11.6. The Labute approximate surface area is 248 Å². The van der Waals surface area contributed by atoms with Gasteiger partial charge in [0, 0.05) is 0 Å². The fraction of sp³-hybridized carbons (Fsp3) is 0.806. The van der Waals surface area contributed by atoms with Crippen LogP contribution in [0.15, 0.2) is 18.2 Å². The molecule has 1 rings (SSSR count). The summed E-state index contributed by atoms with van der Waals surface area (Å²) in [7, 11) is 1.41. The van der Waals surface area contributed by atoms with E-state index in [0.717, 1.165) is 18.6 Å². The number of rotatable bonds is 29. The number of hydrogen-bond donors (Lipinski definition) is 0. The van der Waals surface area contributed by atoms with E-state index in [1.807, 2.05) is 6.07 Å². The van der Waals surface area contributed by atoms with Crippen LogP contribution in [0, 0.1) is 0 Å². The topological polar surface area (TPSA) is 44.8 Å². The molecule has 0 aliphatic rings. The van der Waals surface area contributed by atoms with Gasteiger partial charge in [-0.3, -0.25) is 0 Å². The van der Waals surface area contributed by atoms with Crippen molar-refractivity contribution in [3.63, 3.8) is 0 Å². The quantitative estimate of drug-likeness (QED) is 0.0722. The molecule has 0 fully saturated rings. The first-order chi connectivity index (χ1) is 19.7. The Hall–Kier alpha value is -1.71. The van der Waals surface area contributed by atoms with Crippen LogP contribution in [0.4, 0.5) is 0 Å². The van der Waals surface area contributed by atoms with Gasteiger partial charge in [0.05, 0.1) is 25.9 Å². The Morgan fingerprint density at radius 1 is 0.500 bits per heavy atom. The van der Waals surface area contributed by atoms with E-state index in [4.69, 9.17) is 14.2 Å². The van der Waals surface area contributed by atoms with Gasteiger partial charge in [-0.2, -0.15) is 0 Å². The molecular formula is C36H64O4. The first kappa shape index (κ1) is 36.3. The van der Waals surface area contributed by atoms with Gasteiger partial charge in [-0.05, 0) is 31.0 Å². The lowest BCUT2D eigenvalue weighted by atomic mass is 10.1. The first-order valence-corrected chi connectivity index (χ1v) is 17.2. The molecule has 0 bridgehead atoms. The summed E-state index contributed by atoms with van der Waals surface area (Å²) in [6.07, 6.45) is 31.8. The zero-order chi connectivity index (χ0) is 28.9. The van der Waals surface area contributed by atoms with Crippen LogP contribution in [0.25, 0.3) is 0 Å². The van der Waals surface area contributed by atoms with Gasteiger partial charge in [0.1, 0.15) is 0 Å². The molecule has 0 heterocycles. The predicted octanol–water partition coefficient (Wildman–Crippen LogP) is 11.6. The zero-order valence-corrected chi connectivity index (χ0v) is 26.7. The third-order valence-electron chi connectivity index (χ3n) is 7.88. The van der Waals surface area contributed by atoms with E-state index in [0.29, 0.717) is 24.5 Å². The molecule has 0 unspecified atom stereocenters. The number of esters is 1. The molecule has 0 saturated carbocycles. The van der Waals surface area contributed by atoms with Crippen molar-refractivity contribution in [2.75, 3.05) is 20.3 Å². The van der Waals surface area contributed by atoms with E-state index in [9.17, 15) is 4.79 Å². The van der Waals surface area contributed by atoms with E-state index in [-0.39, 0.29) is 5.97 Å². The summed E-state index contributed by atoms with van der Waals surface area (Å²) < 4.78 is 17.1. The van der Waals surface area contributed by atoms with Crippen LogP contribution in [0.1, 0.15) is 178 Å². The van der Waals surface area contributed by atoms with Crippen molar-refractivity contribution in [3.8, 4) is 11.5 Å². The van der Waals surface area contributed by atoms with Crippen LogP contribution < -0.4 is 9.47 Å². The van der Waals surface area contributed by atoms with Gasteiger partial charge in [0.25, 0.3) is 0 Å². The highest BCUT2D eigenvalue weighted by Crippen LogP contribution is 2.29. The average Bonchev–Trinajstić information content (AvgIpc) is 2.97. The zero-order valence-electron chi connectivity index (χ0n) is 26.7. The van der Waals surface area contributed by atoms with E-state index in [1.165, 1.54) is 148 Å². The maximum atomic E-state index is 12.0. The molecule has 1 aromatic carbocycles. The number of unbranched alkanes of at least 4 members (excludes halogenated alkanes) is 22. The molecule has 0 N–H and O–H groups in total. The minimum atomic E-state index is -0.345. The molecule has 0 saturated heterocycles. The van der Waals surface area contributed by atoms with Gasteiger partial charge in [0.15, 0.2) is 11.5 Å². The Morgan fingerprint density at radius 2 is 0.850 bits per heavy atom. The molecule has 0 amide bonds. The Bertz CT molecular complexity index is 702. The van der Waals surface area contributed by atoms with E-state index in [1.54, 1.807) is 12.1 Å². The molecule has 0 aliphatic heterocycles. The minimum absolute atomic E-state index is 0.345. The molecule has 0 spiro atoms. The summed E-state index contributed by atoms with van der Waals surface area (Å²) in [5, 5.41) is 0. The standard InChI is InChI=1S/C36H64O4/c1-4-6-8-10-12-14-16-18-20-22-24-26-30-39-34-29-28-33(36(37)38-3)32-35(34)40-31-27-25-23-21-19-17-15-13-11-9-7-5-2/h28-29,32H,4-27,30-31H2,1-3H3. The molecule has 0 aromatic heterocycles. The van der Waals surface area contributed by atoms with Crippen molar-refractivity contribution < 1.29 is 19.0 Å². The summed E-state index contributed by atoms with van der Waals surface area (Å²) in [4.78, 5) is 12.0. The average molecular weight is 561 g/mol. The van der Waals surface area contributed by atoms with E-state index >= 15 is 0 Å². The normalized spacial score (nSPS) is 11.1. The van der Waals surface area contributed by atoms with Gasteiger partial charge in [-0.25, -0.2) is 4.79 Å². The fourth-order valence-electron chi connectivity index (χ4n) is 5.24. The van der Waals surface area contributed by atoms with Gasteiger partial charge in [-0.15, -0.1) is 0 Å². The molecular weight excluding hydrogens is 496 g/mol. The van der Waals surface area contributed by atoms with Crippen LogP contribution >= 0.6 is 0 Å². The van der Waals surface area contributed by atoms with Crippen molar-refractivity contribution in [2.24, 2.45) is 0 Å². The molecule has 4 nitrogen and oxygen atoms in total. The number of methoxy groups -OCH3 is 1. The second kappa shape index (κ2) is 27.5. The van der Waals surface area contributed by atoms with Crippen LogP contribution in [-0.4, -0.2) is 26.3 Å². The molecule has 4 heteroatoms. The van der Waals surface area contributed by atoms with Gasteiger partial charge >= 0.3 is 5.97 Å². The first-order valence-electron chi connectivity index (χ1n) is 17.2. The Kier molecular flexibility index (Phi) is 24.9. The number of hydrogen-bond acceptors (Lipinski definition) is 4. The second-order valence-corrected chi connectivity index (χ2v) is 11.6. The number of carbonyl (C=O) groups excluding carboxylic acids is 1. The van der Waals surface area contributed by atoms with Gasteiger partial charge < -0.3 is 14.2 Å². The largest absolute Gasteiger partial charge is 0.490 e. The summed E-state index contributed by atoms with van der Waals surface area (Å²) in [5.74, 6) is 1.04. The lowest BCUT2D eigenvalue weighted by Crippen LogP contribution is -2.06. The Morgan fingerprint density at radius 3 is 1.23 bits per heavy atom. The monoisotopic (exact) mass is 560 g/mol. The lowest BCUT2D eigenvalue weighted by Gasteiger charge is -2.14. The highest BCUT2D eigenvalue weighted by Gasteiger charge is 2.12. The van der Waals surface area contributed by atoms with E-state index < -0.39 is 0 Å². The van der Waals surface area contributed by atoms with Gasteiger partial charge in [0.2, 0.25) is 0 Å². The van der Waals surface area contributed by atoms with Crippen molar-refractivity contribution in [2.45, 2.75) is 168 Å². The maximum absolute atomic E-state index is 12.0. The van der Waals surface area contributed by atoms with E-state index in [2.05, 4.69) is 13.8 Å². The summed E-state index contributed by atoms with van der Waals surface area (Å²) >= 11 is 0. The third kappa shape index (κ3) is 20.2. The Balaban J connectivity index is 2.20. The van der Waals surface area contributed by atoms with Crippen molar-refractivity contribution in [1.82, 2.24) is 0 Å². The maximum Gasteiger partial charge on any atom is 0.337 e. The summed E-state index contributed by atoms with van der Waals surface area (Å²) in [6.45, 7) is 5.89. The summed E-state index contributed by atoms with van der Waals surface area (Å²) in [6, 6.07) is 5.38.